The smallest absolute Gasteiger partial charge is 0.275 e. The van der Waals surface area contributed by atoms with Crippen LogP contribution in [-0.4, -0.2) is 23.9 Å². The highest BCUT2D eigenvalue weighted by molar-refractivity contribution is 7.09. The minimum absolute atomic E-state index is 0.179. The van der Waals surface area contributed by atoms with E-state index in [-0.39, 0.29) is 16.5 Å². The van der Waals surface area contributed by atoms with Gasteiger partial charge in [0.2, 0.25) is 5.91 Å². The Bertz CT molecular complexity index is 687. The third kappa shape index (κ3) is 3.78. The molecule has 1 aromatic carbocycles. The lowest BCUT2D eigenvalue weighted by molar-refractivity contribution is 0.0998. The molecule has 2 aromatic rings. The average molecular weight is 326 g/mol. The summed E-state index contributed by atoms with van der Waals surface area (Å²) >= 11 is 7.26. The number of thiazole rings is 1. The number of nitrogens with zero attached hydrogens (tertiary/aromatic N) is 1. The van der Waals surface area contributed by atoms with Crippen molar-refractivity contribution in [3.63, 3.8) is 0 Å². The van der Waals surface area contributed by atoms with Crippen LogP contribution in [0.25, 0.3) is 0 Å². The van der Waals surface area contributed by atoms with Crippen molar-refractivity contribution in [2.75, 3.05) is 12.4 Å². The molecule has 0 spiro atoms. The summed E-state index contributed by atoms with van der Waals surface area (Å²) < 4.78 is 4.95. The van der Waals surface area contributed by atoms with Crippen LogP contribution < -0.4 is 11.1 Å². The number of halogens is 1. The third-order valence-electron chi connectivity index (χ3n) is 2.54. The fraction of sp³-hybridized carbons (Fsp3) is 0.154. The van der Waals surface area contributed by atoms with Crippen molar-refractivity contribution in [3.8, 4) is 0 Å². The van der Waals surface area contributed by atoms with E-state index < -0.39 is 5.91 Å². The predicted molar refractivity (Wildman–Crippen MR) is 80.8 cm³/mol. The molecule has 0 atom stereocenters. The van der Waals surface area contributed by atoms with Gasteiger partial charge in [0.25, 0.3) is 5.91 Å². The first-order chi connectivity index (χ1) is 10.0. The van der Waals surface area contributed by atoms with Crippen molar-refractivity contribution in [2.45, 2.75) is 6.61 Å². The lowest BCUT2D eigenvalue weighted by Crippen LogP contribution is -2.14. The van der Waals surface area contributed by atoms with Crippen LogP contribution in [0.15, 0.2) is 23.6 Å². The Morgan fingerprint density at radius 1 is 1.48 bits per heavy atom. The molecule has 8 heteroatoms. The first kappa shape index (κ1) is 15.4. The molecule has 1 heterocycles. The van der Waals surface area contributed by atoms with Gasteiger partial charge in [-0.3, -0.25) is 9.59 Å². The van der Waals surface area contributed by atoms with Gasteiger partial charge in [0.15, 0.2) is 0 Å². The second kappa shape index (κ2) is 6.66. The van der Waals surface area contributed by atoms with Crippen molar-refractivity contribution < 1.29 is 14.3 Å². The van der Waals surface area contributed by atoms with Crippen LogP contribution in [0.3, 0.4) is 0 Å². The Hall–Kier alpha value is -1.96. The number of nitrogens with two attached hydrogens (primary N) is 1. The molecule has 110 valence electrons. The van der Waals surface area contributed by atoms with Crippen molar-refractivity contribution >= 4 is 40.4 Å². The van der Waals surface area contributed by atoms with E-state index in [9.17, 15) is 9.59 Å². The maximum atomic E-state index is 12.0. The van der Waals surface area contributed by atoms with Gasteiger partial charge >= 0.3 is 0 Å². The second-order valence-corrected chi connectivity index (χ2v) is 5.42. The van der Waals surface area contributed by atoms with E-state index in [2.05, 4.69) is 10.3 Å². The summed E-state index contributed by atoms with van der Waals surface area (Å²) in [5.74, 6) is -0.988. The monoisotopic (exact) mass is 325 g/mol. The number of methoxy groups -OCH3 is 1. The van der Waals surface area contributed by atoms with Gasteiger partial charge in [-0.1, -0.05) is 11.6 Å². The molecular weight excluding hydrogens is 314 g/mol. The normalized spacial score (nSPS) is 10.4. The highest BCUT2D eigenvalue weighted by Gasteiger charge is 2.13. The van der Waals surface area contributed by atoms with Gasteiger partial charge in [0.05, 0.1) is 17.2 Å². The van der Waals surface area contributed by atoms with Crippen molar-refractivity contribution in [3.05, 3.63) is 44.9 Å². The summed E-state index contributed by atoms with van der Waals surface area (Å²) in [6.07, 6.45) is 0. The van der Waals surface area contributed by atoms with Crippen LogP contribution in [-0.2, 0) is 11.3 Å². The Balaban J connectivity index is 2.11. The highest BCUT2D eigenvalue weighted by atomic mass is 35.5. The Morgan fingerprint density at radius 3 is 2.86 bits per heavy atom. The molecule has 0 saturated heterocycles. The average Bonchev–Trinajstić information content (AvgIpc) is 2.87. The van der Waals surface area contributed by atoms with Gasteiger partial charge in [-0.15, -0.1) is 11.3 Å². The zero-order valence-electron chi connectivity index (χ0n) is 11.1. The molecule has 2 amide bonds. The predicted octanol–water partition coefficient (Wildman–Crippen LogP) is 2.29. The van der Waals surface area contributed by atoms with Crippen molar-refractivity contribution in [2.24, 2.45) is 5.73 Å². The van der Waals surface area contributed by atoms with E-state index in [1.165, 1.54) is 23.5 Å². The number of primary amides is 1. The summed E-state index contributed by atoms with van der Waals surface area (Å²) in [5.41, 5.74) is 6.11. The van der Waals surface area contributed by atoms with Gasteiger partial charge in [0.1, 0.15) is 10.7 Å². The molecule has 6 nitrogen and oxygen atoms in total. The molecule has 2 rings (SSSR count). The summed E-state index contributed by atoms with van der Waals surface area (Å²) in [5, 5.41) is 5.18. The Labute approximate surface area is 129 Å². The molecule has 0 aliphatic heterocycles. The number of anilines is 1. The van der Waals surface area contributed by atoms with Crippen LogP contribution in [0.2, 0.25) is 5.02 Å². The van der Waals surface area contributed by atoms with Gasteiger partial charge in [-0.2, -0.15) is 0 Å². The zero-order valence-corrected chi connectivity index (χ0v) is 12.6. The number of rotatable bonds is 5. The lowest BCUT2D eigenvalue weighted by Gasteiger charge is -2.05. The number of aromatic nitrogens is 1. The number of carbonyl (C=O) groups excluding carboxylic acids is 2. The number of nitrogens with one attached hydrogen (secondary N) is 1. The number of amides is 2. The van der Waals surface area contributed by atoms with Crippen LogP contribution in [0, 0.1) is 0 Å². The maximum absolute atomic E-state index is 12.0. The van der Waals surface area contributed by atoms with Crippen molar-refractivity contribution in [1.82, 2.24) is 4.98 Å². The fourth-order valence-corrected chi connectivity index (χ4v) is 2.61. The van der Waals surface area contributed by atoms with E-state index in [0.717, 1.165) is 0 Å². The largest absolute Gasteiger partial charge is 0.378 e. The molecule has 21 heavy (non-hydrogen) atoms. The summed E-state index contributed by atoms with van der Waals surface area (Å²) in [6.45, 7) is 0.358. The zero-order chi connectivity index (χ0) is 15.4. The molecule has 0 fully saturated rings. The van der Waals surface area contributed by atoms with Crippen LogP contribution >= 0.6 is 22.9 Å². The van der Waals surface area contributed by atoms with Gasteiger partial charge in [-0.25, -0.2) is 4.98 Å². The number of hydrogen-bond acceptors (Lipinski definition) is 5. The van der Waals surface area contributed by atoms with E-state index in [4.69, 9.17) is 22.1 Å². The first-order valence-electron chi connectivity index (χ1n) is 5.85. The van der Waals surface area contributed by atoms with Crippen molar-refractivity contribution in [1.29, 1.82) is 0 Å². The summed E-state index contributed by atoms with van der Waals surface area (Å²) in [7, 11) is 1.56. The minimum atomic E-state index is -0.624. The molecule has 0 bridgehead atoms. The number of hydrogen-bond donors (Lipinski definition) is 2. The maximum Gasteiger partial charge on any atom is 0.275 e. The van der Waals surface area contributed by atoms with Gasteiger partial charge in [-0.05, 0) is 18.2 Å². The van der Waals surface area contributed by atoms with Crippen LogP contribution in [0.5, 0.6) is 0 Å². The van der Waals surface area contributed by atoms with Gasteiger partial charge in [0, 0.05) is 18.2 Å². The lowest BCUT2D eigenvalue weighted by atomic mass is 10.2. The van der Waals surface area contributed by atoms with Crippen LogP contribution in [0.1, 0.15) is 25.9 Å². The van der Waals surface area contributed by atoms with E-state index >= 15 is 0 Å². The SMILES string of the molecule is COCc1nc(C(=O)Nc2ccc(C(N)=O)c(Cl)c2)cs1. The minimum Gasteiger partial charge on any atom is -0.378 e. The van der Waals surface area contributed by atoms with Crippen LogP contribution in [0.4, 0.5) is 5.69 Å². The third-order valence-corrected chi connectivity index (χ3v) is 3.68. The second-order valence-electron chi connectivity index (χ2n) is 4.07. The number of ether oxygens (including phenoxy) is 1. The molecule has 0 saturated carbocycles. The Morgan fingerprint density at radius 2 is 2.24 bits per heavy atom. The fourth-order valence-electron chi connectivity index (χ4n) is 1.59. The van der Waals surface area contributed by atoms with E-state index in [1.54, 1.807) is 18.6 Å². The number of benzene rings is 1. The molecule has 0 radical (unpaired) electrons. The first-order valence-corrected chi connectivity index (χ1v) is 7.11. The van der Waals surface area contributed by atoms with E-state index in [1.807, 2.05) is 0 Å². The number of carbonyl (C=O) groups is 2. The quantitative estimate of drug-likeness (QED) is 0.881. The standard InChI is InChI=1S/C13H12ClN3O3S/c1-20-5-11-17-10(6-21-11)13(19)16-7-2-3-8(12(15)18)9(14)4-7/h2-4,6H,5H2,1H3,(H2,15,18)(H,16,19). The molecule has 0 aliphatic carbocycles. The Kier molecular flexibility index (Phi) is 4.89. The molecular formula is C13H12ClN3O3S. The summed E-state index contributed by atoms with van der Waals surface area (Å²) in [6, 6.07) is 4.46. The van der Waals surface area contributed by atoms with Gasteiger partial charge < -0.3 is 15.8 Å². The molecule has 1 aromatic heterocycles. The topological polar surface area (TPSA) is 94.3 Å². The molecule has 0 aliphatic rings. The summed E-state index contributed by atoms with van der Waals surface area (Å²) in [4.78, 5) is 27.2. The highest BCUT2D eigenvalue weighted by Crippen LogP contribution is 2.21. The van der Waals surface area contributed by atoms with E-state index in [0.29, 0.717) is 23.0 Å². The molecule has 3 N–H and O–H groups in total. The molecule has 0 unspecified atom stereocenters.